The predicted octanol–water partition coefficient (Wildman–Crippen LogP) is 2.72. The van der Waals surface area contributed by atoms with Crippen molar-refractivity contribution in [2.75, 3.05) is 6.54 Å². The first kappa shape index (κ1) is 16.9. The Morgan fingerprint density at radius 1 is 1.35 bits per heavy atom. The fraction of sp³-hybridized carbons (Fsp3) is 0.357. The SMILES string of the molecule is CC(=O)SCc1cnc2cc(CCCN)ccc2n1.Cl. The van der Waals surface area contributed by atoms with Crippen LogP contribution in [0.3, 0.4) is 0 Å². The van der Waals surface area contributed by atoms with Crippen LogP contribution in [0.15, 0.2) is 24.4 Å². The molecule has 0 aliphatic heterocycles. The summed E-state index contributed by atoms with van der Waals surface area (Å²) in [6, 6.07) is 6.10. The fourth-order valence-corrected chi connectivity index (χ4v) is 2.29. The van der Waals surface area contributed by atoms with Crippen LogP contribution >= 0.6 is 24.2 Å². The van der Waals surface area contributed by atoms with Gasteiger partial charge in [0.2, 0.25) is 0 Å². The van der Waals surface area contributed by atoms with Gasteiger partial charge in [0.05, 0.1) is 16.7 Å². The van der Waals surface area contributed by atoms with Crippen molar-refractivity contribution in [3.63, 3.8) is 0 Å². The average Bonchev–Trinajstić information content (AvgIpc) is 2.42. The Morgan fingerprint density at radius 2 is 2.15 bits per heavy atom. The van der Waals surface area contributed by atoms with E-state index in [2.05, 4.69) is 22.1 Å². The van der Waals surface area contributed by atoms with Crippen molar-refractivity contribution >= 4 is 40.3 Å². The van der Waals surface area contributed by atoms with Crippen molar-refractivity contribution in [3.8, 4) is 0 Å². The number of hydrogen-bond donors (Lipinski definition) is 1. The number of carbonyl (C=O) groups is 1. The average molecular weight is 312 g/mol. The molecule has 1 aromatic heterocycles. The summed E-state index contributed by atoms with van der Waals surface area (Å²) in [5.41, 5.74) is 9.35. The third kappa shape index (κ3) is 4.74. The Hall–Kier alpha value is -1.17. The van der Waals surface area contributed by atoms with Crippen molar-refractivity contribution in [1.29, 1.82) is 0 Å². The minimum Gasteiger partial charge on any atom is -0.330 e. The number of rotatable bonds is 5. The lowest BCUT2D eigenvalue weighted by Crippen LogP contribution is -2.00. The molecule has 0 saturated carbocycles. The first-order valence-corrected chi connectivity index (χ1v) is 7.25. The molecule has 6 heteroatoms. The van der Waals surface area contributed by atoms with Crippen molar-refractivity contribution in [3.05, 3.63) is 35.7 Å². The van der Waals surface area contributed by atoms with Crippen LogP contribution in [0, 0.1) is 0 Å². The molecular formula is C14H18ClN3OS. The smallest absolute Gasteiger partial charge is 0.186 e. The Morgan fingerprint density at radius 3 is 2.85 bits per heavy atom. The quantitative estimate of drug-likeness (QED) is 0.919. The van der Waals surface area contributed by atoms with Gasteiger partial charge in [-0.25, -0.2) is 4.98 Å². The maximum Gasteiger partial charge on any atom is 0.186 e. The number of aromatic nitrogens is 2. The zero-order valence-electron chi connectivity index (χ0n) is 11.3. The molecule has 0 unspecified atom stereocenters. The topological polar surface area (TPSA) is 68.9 Å². The number of carbonyl (C=O) groups excluding carboxylic acids is 1. The Balaban J connectivity index is 0.00000200. The third-order valence-corrected chi connectivity index (χ3v) is 3.60. The first-order chi connectivity index (χ1) is 9.19. The molecule has 0 aliphatic rings. The highest BCUT2D eigenvalue weighted by atomic mass is 35.5. The maximum atomic E-state index is 10.9. The molecule has 20 heavy (non-hydrogen) atoms. The van der Waals surface area contributed by atoms with Gasteiger partial charge in [-0.15, -0.1) is 12.4 Å². The summed E-state index contributed by atoms with van der Waals surface area (Å²) >= 11 is 1.25. The summed E-state index contributed by atoms with van der Waals surface area (Å²) in [4.78, 5) is 19.8. The van der Waals surface area contributed by atoms with Gasteiger partial charge in [0, 0.05) is 18.9 Å². The second kappa shape index (κ2) is 8.19. The van der Waals surface area contributed by atoms with Gasteiger partial charge in [-0.05, 0) is 37.1 Å². The molecule has 1 aromatic carbocycles. The largest absolute Gasteiger partial charge is 0.330 e. The molecule has 2 rings (SSSR count). The second-order valence-electron chi connectivity index (χ2n) is 4.36. The van der Waals surface area contributed by atoms with Crippen LogP contribution in [-0.4, -0.2) is 21.6 Å². The molecule has 0 saturated heterocycles. The van der Waals surface area contributed by atoms with Crippen LogP contribution in [0.5, 0.6) is 0 Å². The monoisotopic (exact) mass is 311 g/mol. The third-order valence-electron chi connectivity index (χ3n) is 2.75. The molecule has 4 nitrogen and oxygen atoms in total. The number of nitrogens with two attached hydrogens (primary N) is 1. The van der Waals surface area contributed by atoms with Gasteiger partial charge in [-0.2, -0.15) is 0 Å². The highest BCUT2D eigenvalue weighted by Crippen LogP contribution is 2.16. The van der Waals surface area contributed by atoms with E-state index in [-0.39, 0.29) is 17.5 Å². The standard InChI is InChI=1S/C14H17N3OS.ClH/c1-10(18)19-9-12-8-16-14-7-11(3-2-6-15)4-5-13(14)17-12;/h4-5,7-8H,2-3,6,9,15H2,1H3;1H. The summed E-state index contributed by atoms with van der Waals surface area (Å²) in [5.74, 6) is 0.577. The van der Waals surface area contributed by atoms with E-state index < -0.39 is 0 Å². The van der Waals surface area contributed by atoms with Gasteiger partial charge < -0.3 is 5.73 Å². The second-order valence-corrected chi connectivity index (χ2v) is 5.51. The molecule has 108 valence electrons. The van der Waals surface area contributed by atoms with E-state index in [0.29, 0.717) is 12.3 Å². The van der Waals surface area contributed by atoms with Crippen LogP contribution in [-0.2, 0) is 17.0 Å². The van der Waals surface area contributed by atoms with E-state index in [1.54, 1.807) is 13.1 Å². The fourth-order valence-electron chi connectivity index (χ4n) is 1.80. The zero-order chi connectivity index (χ0) is 13.7. The number of aryl methyl sites for hydroxylation is 1. The van der Waals surface area contributed by atoms with Gasteiger partial charge >= 0.3 is 0 Å². The highest BCUT2D eigenvalue weighted by Gasteiger charge is 2.03. The minimum absolute atomic E-state index is 0. The number of thioether (sulfide) groups is 1. The molecule has 1 heterocycles. The lowest BCUT2D eigenvalue weighted by Gasteiger charge is -2.04. The normalized spacial score (nSPS) is 10.3. The lowest BCUT2D eigenvalue weighted by molar-refractivity contribution is -0.109. The molecular weight excluding hydrogens is 294 g/mol. The molecule has 2 N–H and O–H groups in total. The van der Waals surface area contributed by atoms with Gasteiger partial charge in [0.25, 0.3) is 0 Å². The maximum absolute atomic E-state index is 10.9. The van der Waals surface area contributed by atoms with E-state index in [0.717, 1.165) is 29.6 Å². The lowest BCUT2D eigenvalue weighted by atomic mass is 10.1. The minimum atomic E-state index is 0. The van der Waals surface area contributed by atoms with Gasteiger partial charge in [-0.1, -0.05) is 17.8 Å². The van der Waals surface area contributed by atoms with E-state index in [4.69, 9.17) is 5.73 Å². The highest BCUT2D eigenvalue weighted by molar-refractivity contribution is 8.12. The van der Waals surface area contributed by atoms with Gasteiger partial charge in [0.1, 0.15) is 0 Å². The van der Waals surface area contributed by atoms with Gasteiger partial charge in [0.15, 0.2) is 5.12 Å². The molecule has 0 fully saturated rings. The van der Waals surface area contributed by atoms with E-state index in [1.807, 2.05) is 6.07 Å². The number of fused-ring (bicyclic) bond motifs is 1. The van der Waals surface area contributed by atoms with Crippen molar-refractivity contribution < 1.29 is 4.79 Å². The Kier molecular flexibility index (Phi) is 6.91. The van der Waals surface area contributed by atoms with E-state index in [9.17, 15) is 4.79 Å². The molecule has 0 aliphatic carbocycles. The summed E-state index contributed by atoms with van der Waals surface area (Å²) in [6.45, 7) is 2.26. The number of nitrogens with zero attached hydrogens (tertiary/aromatic N) is 2. The Bertz CT molecular complexity index is 592. The first-order valence-electron chi connectivity index (χ1n) is 6.27. The van der Waals surface area contributed by atoms with Gasteiger partial charge in [-0.3, -0.25) is 9.78 Å². The van der Waals surface area contributed by atoms with Crippen LogP contribution in [0.2, 0.25) is 0 Å². The number of halogens is 1. The number of benzene rings is 1. The summed E-state index contributed by atoms with van der Waals surface area (Å²) < 4.78 is 0. The van der Waals surface area contributed by atoms with Crippen LogP contribution < -0.4 is 5.73 Å². The summed E-state index contributed by atoms with van der Waals surface area (Å²) in [6.07, 6.45) is 3.69. The van der Waals surface area contributed by atoms with Crippen LogP contribution in [0.4, 0.5) is 0 Å². The van der Waals surface area contributed by atoms with Crippen molar-refractivity contribution in [1.82, 2.24) is 9.97 Å². The summed E-state index contributed by atoms with van der Waals surface area (Å²) in [7, 11) is 0. The van der Waals surface area contributed by atoms with Crippen molar-refractivity contribution in [2.45, 2.75) is 25.5 Å². The predicted molar refractivity (Wildman–Crippen MR) is 86.1 cm³/mol. The van der Waals surface area contributed by atoms with E-state index >= 15 is 0 Å². The molecule has 0 bridgehead atoms. The van der Waals surface area contributed by atoms with Crippen LogP contribution in [0.1, 0.15) is 24.6 Å². The molecule has 0 atom stereocenters. The molecule has 0 radical (unpaired) electrons. The number of hydrogen-bond acceptors (Lipinski definition) is 5. The van der Waals surface area contributed by atoms with Crippen LogP contribution in [0.25, 0.3) is 11.0 Å². The Labute approximate surface area is 129 Å². The molecule has 0 spiro atoms. The molecule has 2 aromatic rings. The van der Waals surface area contributed by atoms with Crippen molar-refractivity contribution in [2.24, 2.45) is 5.73 Å². The van der Waals surface area contributed by atoms with E-state index in [1.165, 1.54) is 17.3 Å². The molecule has 0 amide bonds. The summed E-state index contributed by atoms with van der Waals surface area (Å²) in [5, 5.41) is 0.0963. The zero-order valence-corrected chi connectivity index (χ0v) is 13.0.